The molecule has 0 atom stereocenters. The van der Waals surface area contributed by atoms with E-state index in [1.54, 1.807) is 6.08 Å². The second-order valence-electron chi connectivity index (χ2n) is 4.75. The monoisotopic (exact) mass is 289 g/mol. The lowest BCUT2D eigenvalue weighted by atomic mass is 10.2. The third-order valence-corrected chi connectivity index (χ3v) is 2.79. The third-order valence-electron chi connectivity index (χ3n) is 2.79. The van der Waals surface area contributed by atoms with E-state index >= 15 is 0 Å². The molecular formula is C16H23N3O2. The van der Waals surface area contributed by atoms with Gasteiger partial charge in [0.05, 0.1) is 6.54 Å². The Hall–Kier alpha value is -2.14. The van der Waals surface area contributed by atoms with Gasteiger partial charge in [0, 0.05) is 19.6 Å². The van der Waals surface area contributed by atoms with Crippen LogP contribution in [0.4, 0.5) is 4.79 Å². The quantitative estimate of drug-likeness (QED) is 0.719. The van der Waals surface area contributed by atoms with Crippen LogP contribution < -0.4 is 10.6 Å². The van der Waals surface area contributed by atoms with Gasteiger partial charge in [-0.25, -0.2) is 4.79 Å². The molecule has 0 radical (unpaired) electrons. The second-order valence-corrected chi connectivity index (χ2v) is 4.75. The Morgan fingerprint density at radius 1 is 1.29 bits per heavy atom. The summed E-state index contributed by atoms with van der Waals surface area (Å²) in [6.45, 7) is 7.58. The topological polar surface area (TPSA) is 61.4 Å². The summed E-state index contributed by atoms with van der Waals surface area (Å²) in [5.74, 6) is -0.318. The number of carbonyl (C=O) groups excluding carboxylic acids is 2. The van der Waals surface area contributed by atoms with Gasteiger partial charge in [-0.2, -0.15) is 0 Å². The standard InChI is InChI=1S/C16H23N3O2/c1-3-10-17-16(21)18-15(20)13-19(11-4-2)12-14-8-6-5-7-9-14/h4-9H,2-3,10-13H2,1H3,(H2,17,18,20,21). The molecule has 5 heteroatoms. The van der Waals surface area contributed by atoms with Crippen LogP contribution in [0, 0.1) is 0 Å². The average molecular weight is 289 g/mol. The number of amides is 3. The molecule has 1 aromatic rings. The number of benzene rings is 1. The number of nitrogens with one attached hydrogen (secondary N) is 2. The Morgan fingerprint density at radius 2 is 2.00 bits per heavy atom. The number of rotatable bonds is 8. The first-order valence-corrected chi connectivity index (χ1v) is 7.10. The Kier molecular flexibility index (Phi) is 7.82. The van der Waals surface area contributed by atoms with Crippen LogP contribution in [-0.2, 0) is 11.3 Å². The van der Waals surface area contributed by atoms with Crippen LogP contribution >= 0.6 is 0 Å². The van der Waals surface area contributed by atoms with Gasteiger partial charge >= 0.3 is 6.03 Å². The van der Waals surface area contributed by atoms with Gasteiger partial charge in [0.2, 0.25) is 5.91 Å². The summed E-state index contributed by atoms with van der Waals surface area (Å²) in [5.41, 5.74) is 1.11. The molecule has 0 aliphatic heterocycles. The molecule has 114 valence electrons. The minimum Gasteiger partial charge on any atom is -0.338 e. The molecular weight excluding hydrogens is 266 g/mol. The molecule has 2 N–H and O–H groups in total. The number of hydrogen-bond acceptors (Lipinski definition) is 3. The summed E-state index contributed by atoms with van der Waals surface area (Å²) in [6, 6.07) is 9.43. The SMILES string of the molecule is C=CCN(CC(=O)NC(=O)NCCC)Cc1ccccc1. The Morgan fingerprint density at radius 3 is 2.62 bits per heavy atom. The summed E-state index contributed by atoms with van der Waals surface area (Å²) in [5, 5.41) is 4.93. The molecule has 0 spiro atoms. The van der Waals surface area contributed by atoms with E-state index in [-0.39, 0.29) is 12.5 Å². The van der Waals surface area contributed by atoms with Crippen molar-refractivity contribution in [2.45, 2.75) is 19.9 Å². The van der Waals surface area contributed by atoms with Crippen molar-refractivity contribution < 1.29 is 9.59 Å². The zero-order chi connectivity index (χ0) is 15.5. The second kappa shape index (κ2) is 9.72. The number of urea groups is 1. The summed E-state index contributed by atoms with van der Waals surface area (Å²) >= 11 is 0. The van der Waals surface area contributed by atoms with Crippen molar-refractivity contribution in [3.63, 3.8) is 0 Å². The van der Waals surface area contributed by atoms with Crippen LogP contribution in [0.5, 0.6) is 0 Å². The van der Waals surface area contributed by atoms with E-state index in [0.717, 1.165) is 12.0 Å². The zero-order valence-electron chi connectivity index (χ0n) is 12.5. The molecule has 0 bridgehead atoms. The molecule has 21 heavy (non-hydrogen) atoms. The van der Waals surface area contributed by atoms with Crippen molar-refractivity contribution in [2.75, 3.05) is 19.6 Å². The van der Waals surface area contributed by atoms with Crippen molar-refractivity contribution in [1.82, 2.24) is 15.5 Å². The van der Waals surface area contributed by atoms with Gasteiger partial charge in [0.1, 0.15) is 0 Å². The van der Waals surface area contributed by atoms with E-state index in [9.17, 15) is 9.59 Å². The predicted octanol–water partition coefficient (Wildman–Crippen LogP) is 1.91. The van der Waals surface area contributed by atoms with Gasteiger partial charge in [-0.05, 0) is 12.0 Å². The van der Waals surface area contributed by atoms with E-state index in [4.69, 9.17) is 0 Å². The smallest absolute Gasteiger partial charge is 0.321 e. The maximum atomic E-state index is 11.8. The molecule has 0 fully saturated rings. The van der Waals surface area contributed by atoms with Crippen LogP contribution in [0.1, 0.15) is 18.9 Å². The predicted molar refractivity (Wildman–Crippen MR) is 83.7 cm³/mol. The third kappa shape index (κ3) is 7.27. The highest BCUT2D eigenvalue weighted by Crippen LogP contribution is 2.04. The normalized spacial score (nSPS) is 10.2. The maximum Gasteiger partial charge on any atom is 0.321 e. The first kappa shape index (κ1) is 16.9. The molecule has 0 saturated heterocycles. The van der Waals surface area contributed by atoms with E-state index in [0.29, 0.717) is 19.6 Å². The van der Waals surface area contributed by atoms with Crippen molar-refractivity contribution in [1.29, 1.82) is 0 Å². The number of imide groups is 1. The van der Waals surface area contributed by atoms with Gasteiger partial charge in [0.15, 0.2) is 0 Å². The lowest BCUT2D eigenvalue weighted by molar-refractivity contribution is -0.121. The lowest BCUT2D eigenvalue weighted by Gasteiger charge is -2.20. The average Bonchev–Trinajstić information content (AvgIpc) is 2.46. The summed E-state index contributed by atoms with van der Waals surface area (Å²) in [4.78, 5) is 25.2. The van der Waals surface area contributed by atoms with Crippen LogP contribution in [0.2, 0.25) is 0 Å². The molecule has 0 saturated carbocycles. The largest absolute Gasteiger partial charge is 0.338 e. The van der Waals surface area contributed by atoms with E-state index in [2.05, 4.69) is 17.2 Å². The minimum atomic E-state index is -0.444. The fraction of sp³-hybridized carbons (Fsp3) is 0.375. The van der Waals surface area contributed by atoms with E-state index in [1.165, 1.54) is 0 Å². The maximum absolute atomic E-state index is 11.8. The van der Waals surface area contributed by atoms with E-state index in [1.807, 2.05) is 42.2 Å². The van der Waals surface area contributed by atoms with Gasteiger partial charge in [0.25, 0.3) is 0 Å². The Labute approximate surface area is 126 Å². The first-order valence-electron chi connectivity index (χ1n) is 7.10. The molecule has 0 unspecified atom stereocenters. The fourth-order valence-corrected chi connectivity index (χ4v) is 1.86. The van der Waals surface area contributed by atoms with Crippen molar-refractivity contribution >= 4 is 11.9 Å². The zero-order valence-corrected chi connectivity index (χ0v) is 12.5. The minimum absolute atomic E-state index is 0.153. The van der Waals surface area contributed by atoms with E-state index < -0.39 is 6.03 Å². The molecule has 1 aromatic carbocycles. The van der Waals surface area contributed by atoms with Crippen LogP contribution in [0.3, 0.4) is 0 Å². The Balaban J connectivity index is 2.48. The number of nitrogens with zero attached hydrogens (tertiary/aromatic N) is 1. The Bertz CT molecular complexity index is 460. The molecule has 0 aromatic heterocycles. The number of hydrogen-bond donors (Lipinski definition) is 2. The molecule has 0 heterocycles. The lowest BCUT2D eigenvalue weighted by Crippen LogP contribution is -2.44. The van der Waals surface area contributed by atoms with Crippen molar-refractivity contribution in [3.8, 4) is 0 Å². The molecule has 0 aliphatic carbocycles. The van der Waals surface area contributed by atoms with Gasteiger partial charge in [-0.3, -0.25) is 15.0 Å². The molecule has 3 amide bonds. The summed E-state index contributed by atoms with van der Waals surface area (Å²) < 4.78 is 0. The van der Waals surface area contributed by atoms with Crippen LogP contribution in [0.25, 0.3) is 0 Å². The highest BCUT2D eigenvalue weighted by Gasteiger charge is 2.12. The van der Waals surface area contributed by atoms with Crippen LogP contribution in [0.15, 0.2) is 43.0 Å². The molecule has 0 aliphatic rings. The first-order chi connectivity index (χ1) is 10.2. The van der Waals surface area contributed by atoms with Gasteiger partial charge in [-0.1, -0.05) is 43.3 Å². The van der Waals surface area contributed by atoms with Gasteiger partial charge < -0.3 is 5.32 Å². The molecule has 1 rings (SSSR count). The van der Waals surface area contributed by atoms with Crippen LogP contribution in [-0.4, -0.2) is 36.5 Å². The van der Waals surface area contributed by atoms with Gasteiger partial charge in [-0.15, -0.1) is 6.58 Å². The summed E-state index contributed by atoms with van der Waals surface area (Å²) in [6.07, 6.45) is 2.57. The molecule has 5 nitrogen and oxygen atoms in total. The van der Waals surface area contributed by atoms with Crippen molar-refractivity contribution in [2.24, 2.45) is 0 Å². The highest BCUT2D eigenvalue weighted by molar-refractivity contribution is 5.95. The summed E-state index contributed by atoms with van der Waals surface area (Å²) in [7, 11) is 0. The highest BCUT2D eigenvalue weighted by atomic mass is 16.2. The van der Waals surface area contributed by atoms with Crippen molar-refractivity contribution in [3.05, 3.63) is 48.6 Å². The number of carbonyl (C=O) groups is 2. The fourth-order valence-electron chi connectivity index (χ4n) is 1.86.